The summed E-state index contributed by atoms with van der Waals surface area (Å²) < 4.78 is 38.0. The van der Waals surface area contributed by atoms with E-state index in [0.717, 1.165) is 0 Å². The minimum absolute atomic E-state index is 0.00697. The van der Waals surface area contributed by atoms with Crippen LogP contribution >= 0.6 is 0 Å². The summed E-state index contributed by atoms with van der Waals surface area (Å²) in [6.45, 7) is 0.239. The van der Waals surface area contributed by atoms with E-state index < -0.39 is 12.6 Å². The quantitative estimate of drug-likeness (QED) is 0.929. The lowest BCUT2D eigenvalue weighted by Crippen LogP contribution is -2.09. The zero-order valence-corrected chi connectivity index (χ0v) is 10.1. The first-order valence-electron chi connectivity index (χ1n) is 5.74. The van der Waals surface area contributed by atoms with Gasteiger partial charge in [-0.1, -0.05) is 0 Å². The van der Waals surface area contributed by atoms with Crippen LogP contribution in [-0.4, -0.2) is 20.7 Å². The molecule has 2 N–H and O–H groups in total. The normalized spacial score (nSPS) is 11.7. The molecule has 2 aromatic rings. The second-order valence-corrected chi connectivity index (χ2v) is 4.15. The van der Waals surface area contributed by atoms with Gasteiger partial charge in [0.05, 0.1) is 18.2 Å². The van der Waals surface area contributed by atoms with Gasteiger partial charge in [0.15, 0.2) is 0 Å². The molecule has 0 radical (unpaired) electrons. The Morgan fingerprint density at radius 1 is 1.21 bits per heavy atom. The van der Waals surface area contributed by atoms with E-state index in [1.807, 2.05) is 0 Å². The molecular weight excluding hydrogens is 257 g/mol. The van der Waals surface area contributed by atoms with E-state index in [9.17, 15) is 13.2 Å². The minimum Gasteiger partial charge on any atom is -0.398 e. The van der Waals surface area contributed by atoms with Crippen LogP contribution in [0, 0.1) is 0 Å². The first-order valence-corrected chi connectivity index (χ1v) is 5.74. The summed E-state index contributed by atoms with van der Waals surface area (Å²) in [4.78, 5) is 7.91. The Morgan fingerprint density at radius 2 is 2.00 bits per heavy atom. The zero-order valence-electron chi connectivity index (χ0n) is 10.1. The van der Waals surface area contributed by atoms with Crippen LogP contribution in [0.5, 0.6) is 0 Å². The van der Waals surface area contributed by atoms with Crippen molar-refractivity contribution in [3.63, 3.8) is 0 Å². The number of nitrogens with two attached hydrogens (primary N) is 1. The first-order chi connectivity index (χ1) is 8.97. The molecular formula is C12H13F3N4. The fourth-order valence-electron chi connectivity index (χ4n) is 1.79. The number of halogens is 3. The molecule has 102 valence electrons. The molecule has 0 aliphatic carbocycles. The number of anilines is 1. The average molecular weight is 270 g/mol. The summed E-state index contributed by atoms with van der Waals surface area (Å²) in [5.74, 6) is 0. The Morgan fingerprint density at radius 3 is 2.68 bits per heavy atom. The molecule has 0 atom stereocenters. The standard InChI is InChI=1S/C12H13F3N4/c13-12(14,15)3-1-5-19-8-18-7-11(19)9-6-17-4-2-10(9)16/h2,4,6-8H,1,3,5H2,(H2,16,17). The van der Waals surface area contributed by atoms with E-state index in [2.05, 4.69) is 9.97 Å². The maximum Gasteiger partial charge on any atom is 0.389 e. The van der Waals surface area contributed by atoms with Crippen molar-refractivity contribution in [2.75, 3.05) is 5.73 Å². The Balaban J connectivity index is 2.13. The van der Waals surface area contributed by atoms with Crippen LogP contribution in [0.2, 0.25) is 0 Å². The second-order valence-electron chi connectivity index (χ2n) is 4.15. The van der Waals surface area contributed by atoms with Gasteiger partial charge in [0.1, 0.15) is 0 Å². The van der Waals surface area contributed by atoms with Crippen LogP contribution in [0.4, 0.5) is 18.9 Å². The number of alkyl halides is 3. The number of aryl methyl sites for hydroxylation is 1. The highest BCUT2D eigenvalue weighted by molar-refractivity contribution is 5.72. The molecule has 0 amide bonds. The second kappa shape index (κ2) is 5.29. The number of hydrogen-bond acceptors (Lipinski definition) is 3. The van der Waals surface area contributed by atoms with Crippen LogP contribution in [0.25, 0.3) is 11.3 Å². The largest absolute Gasteiger partial charge is 0.398 e. The summed E-state index contributed by atoms with van der Waals surface area (Å²) in [6.07, 6.45) is 1.27. The average Bonchev–Trinajstić information content (AvgIpc) is 2.76. The van der Waals surface area contributed by atoms with Gasteiger partial charge in [-0.3, -0.25) is 4.98 Å². The van der Waals surface area contributed by atoms with Crippen molar-refractivity contribution in [1.82, 2.24) is 14.5 Å². The van der Waals surface area contributed by atoms with Crippen molar-refractivity contribution in [3.05, 3.63) is 31.0 Å². The maximum atomic E-state index is 12.1. The molecule has 2 heterocycles. The SMILES string of the molecule is Nc1ccncc1-c1cncn1CCCC(F)(F)F. The fourth-order valence-corrected chi connectivity index (χ4v) is 1.79. The van der Waals surface area contributed by atoms with Crippen molar-refractivity contribution >= 4 is 5.69 Å². The summed E-state index contributed by atoms with van der Waals surface area (Å²) in [5, 5.41) is 0. The third-order valence-corrected chi connectivity index (χ3v) is 2.70. The van der Waals surface area contributed by atoms with Gasteiger partial charge in [-0.25, -0.2) is 4.98 Å². The molecule has 0 aliphatic rings. The number of nitrogens with zero attached hydrogens (tertiary/aromatic N) is 3. The highest BCUT2D eigenvalue weighted by atomic mass is 19.4. The monoisotopic (exact) mass is 270 g/mol. The van der Waals surface area contributed by atoms with Crippen molar-refractivity contribution in [1.29, 1.82) is 0 Å². The molecule has 2 aromatic heterocycles. The van der Waals surface area contributed by atoms with Gasteiger partial charge in [0.2, 0.25) is 0 Å². The Labute approximate surface area is 108 Å². The number of hydrogen-bond donors (Lipinski definition) is 1. The van der Waals surface area contributed by atoms with E-state index in [-0.39, 0.29) is 13.0 Å². The number of pyridine rings is 1. The highest BCUT2D eigenvalue weighted by Crippen LogP contribution is 2.26. The van der Waals surface area contributed by atoms with Crippen molar-refractivity contribution < 1.29 is 13.2 Å². The predicted octanol–water partition coefficient (Wildman–Crippen LogP) is 2.87. The molecule has 0 spiro atoms. The molecule has 0 saturated carbocycles. The van der Waals surface area contributed by atoms with E-state index in [0.29, 0.717) is 16.9 Å². The first kappa shape index (κ1) is 13.4. The van der Waals surface area contributed by atoms with Crippen molar-refractivity contribution in [2.24, 2.45) is 0 Å². The van der Waals surface area contributed by atoms with Gasteiger partial charge in [-0.15, -0.1) is 0 Å². The van der Waals surface area contributed by atoms with E-state index in [1.54, 1.807) is 29.2 Å². The lowest BCUT2D eigenvalue weighted by atomic mass is 10.2. The van der Waals surface area contributed by atoms with Gasteiger partial charge in [-0.05, 0) is 12.5 Å². The molecule has 0 bridgehead atoms. The molecule has 0 aromatic carbocycles. The fraction of sp³-hybridized carbons (Fsp3) is 0.333. The molecule has 0 saturated heterocycles. The molecule has 0 aliphatic heterocycles. The van der Waals surface area contributed by atoms with E-state index in [1.165, 1.54) is 6.33 Å². The van der Waals surface area contributed by atoms with Crippen LogP contribution < -0.4 is 5.73 Å². The highest BCUT2D eigenvalue weighted by Gasteiger charge is 2.26. The number of nitrogen functional groups attached to an aromatic ring is 1. The van der Waals surface area contributed by atoms with Gasteiger partial charge >= 0.3 is 6.18 Å². The maximum absolute atomic E-state index is 12.1. The van der Waals surface area contributed by atoms with Crippen molar-refractivity contribution in [3.8, 4) is 11.3 Å². The van der Waals surface area contributed by atoms with Crippen LogP contribution in [0.3, 0.4) is 0 Å². The Kier molecular flexibility index (Phi) is 3.73. The number of aromatic nitrogens is 3. The molecule has 7 heteroatoms. The molecule has 2 rings (SSSR count). The topological polar surface area (TPSA) is 56.7 Å². The zero-order chi connectivity index (χ0) is 13.9. The molecule has 0 fully saturated rings. The smallest absolute Gasteiger partial charge is 0.389 e. The Hall–Kier alpha value is -2.05. The van der Waals surface area contributed by atoms with E-state index >= 15 is 0 Å². The van der Waals surface area contributed by atoms with Crippen LogP contribution in [0.1, 0.15) is 12.8 Å². The summed E-state index contributed by atoms with van der Waals surface area (Å²) in [6, 6.07) is 1.64. The number of rotatable bonds is 4. The van der Waals surface area contributed by atoms with Gasteiger partial charge in [0.25, 0.3) is 0 Å². The summed E-state index contributed by atoms with van der Waals surface area (Å²) in [5.41, 5.74) is 7.69. The number of imidazole rings is 1. The lowest BCUT2D eigenvalue weighted by Gasteiger charge is -2.10. The minimum atomic E-state index is -4.13. The third-order valence-electron chi connectivity index (χ3n) is 2.70. The summed E-state index contributed by atoms with van der Waals surface area (Å²) in [7, 11) is 0. The molecule has 0 unspecified atom stereocenters. The molecule has 19 heavy (non-hydrogen) atoms. The predicted molar refractivity (Wildman–Crippen MR) is 65.2 cm³/mol. The molecule has 4 nitrogen and oxygen atoms in total. The third kappa shape index (κ3) is 3.46. The Bertz CT molecular complexity index is 548. The van der Waals surface area contributed by atoms with Crippen molar-refractivity contribution in [2.45, 2.75) is 25.6 Å². The van der Waals surface area contributed by atoms with Crippen LogP contribution in [0.15, 0.2) is 31.0 Å². The van der Waals surface area contributed by atoms with Gasteiger partial charge in [0, 0.05) is 36.6 Å². The van der Waals surface area contributed by atoms with Crippen LogP contribution in [-0.2, 0) is 6.54 Å². The van der Waals surface area contributed by atoms with Gasteiger partial charge < -0.3 is 10.3 Å². The summed E-state index contributed by atoms with van der Waals surface area (Å²) >= 11 is 0. The van der Waals surface area contributed by atoms with E-state index in [4.69, 9.17) is 5.73 Å². The lowest BCUT2D eigenvalue weighted by molar-refractivity contribution is -0.135. The van der Waals surface area contributed by atoms with Gasteiger partial charge in [-0.2, -0.15) is 13.2 Å².